The number of nitrogens with zero attached hydrogens (tertiary/aromatic N) is 1. The van der Waals surface area contributed by atoms with E-state index in [0.29, 0.717) is 12.2 Å². The molecular weight excluding hydrogens is 276 g/mol. The van der Waals surface area contributed by atoms with Crippen molar-refractivity contribution in [2.75, 3.05) is 19.7 Å². The lowest BCUT2D eigenvalue weighted by atomic mass is 9.98. The Bertz CT molecular complexity index is 467. The summed E-state index contributed by atoms with van der Waals surface area (Å²) in [5.74, 6) is -1.57. The van der Waals surface area contributed by atoms with Crippen LogP contribution in [0.4, 0.5) is 8.78 Å². The molecule has 0 saturated carbocycles. The van der Waals surface area contributed by atoms with Gasteiger partial charge in [0.1, 0.15) is 11.6 Å². The highest BCUT2D eigenvalue weighted by Crippen LogP contribution is 2.29. The Morgan fingerprint density at radius 1 is 1.19 bits per heavy atom. The van der Waals surface area contributed by atoms with Crippen LogP contribution in [0.15, 0.2) is 18.2 Å². The number of rotatable bonds is 5. The SMILES string of the molecule is CCOC(=O)CC(c1cc(F)cc(F)c1)N1CCCCC1. The smallest absolute Gasteiger partial charge is 0.307 e. The third kappa shape index (κ3) is 4.49. The summed E-state index contributed by atoms with van der Waals surface area (Å²) in [7, 11) is 0. The van der Waals surface area contributed by atoms with E-state index in [0.717, 1.165) is 38.4 Å². The Kier molecular flexibility index (Phi) is 5.67. The highest BCUT2D eigenvalue weighted by Gasteiger charge is 2.26. The van der Waals surface area contributed by atoms with Crippen molar-refractivity contribution in [3.05, 3.63) is 35.4 Å². The maximum Gasteiger partial charge on any atom is 0.307 e. The topological polar surface area (TPSA) is 29.5 Å². The molecule has 1 heterocycles. The van der Waals surface area contributed by atoms with Crippen molar-refractivity contribution >= 4 is 5.97 Å². The molecule has 5 heteroatoms. The average molecular weight is 297 g/mol. The first-order chi connectivity index (χ1) is 10.1. The van der Waals surface area contributed by atoms with Gasteiger partial charge in [-0.1, -0.05) is 6.42 Å². The van der Waals surface area contributed by atoms with E-state index in [4.69, 9.17) is 4.74 Å². The van der Waals surface area contributed by atoms with Crippen molar-refractivity contribution < 1.29 is 18.3 Å². The number of halogens is 2. The van der Waals surface area contributed by atoms with Crippen LogP contribution in [0.5, 0.6) is 0 Å². The van der Waals surface area contributed by atoms with Crippen LogP contribution in [0.2, 0.25) is 0 Å². The number of ether oxygens (including phenoxy) is 1. The molecule has 1 atom stereocenters. The molecule has 0 amide bonds. The van der Waals surface area contributed by atoms with Gasteiger partial charge in [0.2, 0.25) is 0 Å². The largest absolute Gasteiger partial charge is 0.466 e. The molecule has 1 fully saturated rings. The molecule has 0 spiro atoms. The van der Waals surface area contributed by atoms with Crippen LogP contribution in [0.1, 0.15) is 44.2 Å². The standard InChI is InChI=1S/C16H21F2NO2/c1-2-21-16(20)11-15(19-6-4-3-5-7-19)12-8-13(17)10-14(18)9-12/h8-10,15H,2-7,11H2,1H3. The number of esters is 1. The second-order valence-electron chi connectivity index (χ2n) is 5.32. The second-order valence-corrected chi connectivity index (χ2v) is 5.32. The molecule has 116 valence electrons. The van der Waals surface area contributed by atoms with Crippen LogP contribution in [0, 0.1) is 11.6 Å². The van der Waals surface area contributed by atoms with Gasteiger partial charge in [-0.3, -0.25) is 9.69 Å². The monoisotopic (exact) mass is 297 g/mol. The fraction of sp³-hybridized carbons (Fsp3) is 0.562. The van der Waals surface area contributed by atoms with E-state index in [1.165, 1.54) is 12.1 Å². The minimum absolute atomic E-state index is 0.122. The molecule has 3 nitrogen and oxygen atoms in total. The fourth-order valence-corrected chi connectivity index (χ4v) is 2.83. The van der Waals surface area contributed by atoms with E-state index in [9.17, 15) is 13.6 Å². The van der Waals surface area contributed by atoms with Crippen molar-refractivity contribution in [1.29, 1.82) is 0 Å². The fourth-order valence-electron chi connectivity index (χ4n) is 2.83. The van der Waals surface area contributed by atoms with E-state index in [-0.39, 0.29) is 18.4 Å². The number of hydrogen-bond donors (Lipinski definition) is 0. The molecule has 1 aliphatic rings. The number of benzene rings is 1. The summed E-state index contributed by atoms with van der Waals surface area (Å²) in [6.45, 7) is 3.73. The lowest BCUT2D eigenvalue weighted by molar-refractivity contribution is -0.144. The predicted octanol–water partition coefficient (Wildman–Crippen LogP) is 3.45. The Labute approximate surface area is 123 Å². The van der Waals surface area contributed by atoms with Gasteiger partial charge in [0.05, 0.1) is 13.0 Å². The van der Waals surface area contributed by atoms with Gasteiger partial charge in [-0.25, -0.2) is 8.78 Å². The Morgan fingerprint density at radius 3 is 2.38 bits per heavy atom. The van der Waals surface area contributed by atoms with E-state index < -0.39 is 11.6 Å². The summed E-state index contributed by atoms with van der Waals surface area (Å²) in [4.78, 5) is 13.9. The van der Waals surface area contributed by atoms with E-state index in [1.807, 2.05) is 0 Å². The molecule has 21 heavy (non-hydrogen) atoms. The number of hydrogen-bond acceptors (Lipinski definition) is 3. The van der Waals surface area contributed by atoms with Gasteiger partial charge in [0.15, 0.2) is 0 Å². The van der Waals surface area contributed by atoms with E-state index in [2.05, 4.69) is 4.90 Å². The number of carbonyl (C=O) groups excluding carboxylic acids is 1. The molecule has 0 bridgehead atoms. The van der Waals surface area contributed by atoms with Gasteiger partial charge < -0.3 is 4.74 Å². The van der Waals surface area contributed by atoms with Gasteiger partial charge in [-0.05, 0) is 50.6 Å². The summed E-state index contributed by atoms with van der Waals surface area (Å²) in [6.07, 6.45) is 3.35. The molecular formula is C16H21F2NO2. The minimum Gasteiger partial charge on any atom is -0.466 e. The Balaban J connectivity index is 2.22. The van der Waals surface area contributed by atoms with Crippen LogP contribution in [-0.2, 0) is 9.53 Å². The summed E-state index contributed by atoms with van der Waals surface area (Å²) in [5, 5.41) is 0. The zero-order chi connectivity index (χ0) is 15.2. The molecule has 1 unspecified atom stereocenters. The first kappa shape index (κ1) is 15.9. The van der Waals surface area contributed by atoms with Crippen molar-refractivity contribution in [3.8, 4) is 0 Å². The Hall–Kier alpha value is -1.49. The molecule has 2 rings (SSSR count). The van der Waals surface area contributed by atoms with Crippen LogP contribution in [0.3, 0.4) is 0 Å². The molecule has 0 N–H and O–H groups in total. The lowest BCUT2D eigenvalue weighted by Gasteiger charge is -2.34. The zero-order valence-electron chi connectivity index (χ0n) is 12.3. The number of likely N-dealkylation sites (tertiary alicyclic amines) is 1. The second kappa shape index (κ2) is 7.50. The van der Waals surface area contributed by atoms with Crippen LogP contribution < -0.4 is 0 Å². The highest BCUT2D eigenvalue weighted by molar-refractivity contribution is 5.70. The minimum atomic E-state index is -0.615. The molecule has 1 aliphatic heterocycles. The molecule has 0 radical (unpaired) electrons. The van der Waals surface area contributed by atoms with Crippen molar-refractivity contribution in [2.45, 2.75) is 38.6 Å². The van der Waals surface area contributed by atoms with Gasteiger partial charge in [0, 0.05) is 12.1 Å². The third-order valence-corrected chi connectivity index (χ3v) is 3.77. The number of carbonyl (C=O) groups is 1. The molecule has 1 aromatic rings. The average Bonchev–Trinajstić information content (AvgIpc) is 2.45. The van der Waals surface area contributed by atoms with Gasteiger partial charge in [0.25, 0.3) is 0 Å². The maximum absolute atomic E-state index is 13.5. The molecule has 1 aromatic carbocycles. The van der Waals surface area contributed by atoms with Crippen LogP contribution >= 0.6 is 0 Å². The summed E-state index contributed by atoms with van der Waals surface area (Å²) in [5.41, 5.74) is 0.502. The van der Waals surface area contributed by atoms with Crippen molar-refractivity contribution in [2.24, 2.45) is 0 Å². The molecule has 0 aromatic heterocycles. The number of piperidine rings is 1. The third-order valence-electron chi connectivity index (χ3n) is 3.77. The van der Waals surface area contributed by atoms with Crippen LogP contribution in [-0.4, -0.2) is 30.6 Å². The molecule has 1 saturated heterocycles. The quantitative estimate of drug-likeness (QED) is 0.780. The summed E-state index contributed by atoms with van der Waals surface area (Å²) < 4.78 is 31.9. The predicted molar refractivity (Wildman–Crippen MR) is 75.8 cm³/mol. The van der Waals surface area contributed by atoms with Gasteiger partial charge in [-0.15, -0.1) is 0 Å². The zero-order valence-corrected chi connectivity index (χ0v) is 12.3. The Morgan fingerprint density at radius 2 is 1.81 bits per heavy atom. The normalized spacial score (nSPS) is 17.5. The first-order valence-electron chi connectivity index (χ1n) is 7.46. The van der Waals surface area contributed by atoms with Gasteiger partial charge in [-0.2, -0.15) is 0 Å². The summed E-state index contributed by atoms with van der Waals surface area (Å²) >= 11 is 0. The molecule has 0 aliphatic carbocycles. The van der Waals surface area contributed by atoms with Crippen molar-refractivity contribution in [1.82, 2.24) is 4.90 Å². The first-order valence-corrected chi connectivity index (χ1v) is 7.46. The maximum atomic E-state index is 13.5. The van der Waals surface area contributed by atoms with Crippen molar-refractivity contribution in [3.63, 3.8) is 0 Å². The van der Waals surface area contributed by atoms with Crippen LogP contribution in [0.25, 0.3) is 0 Å². The van der Waals surface area contributed by atoms with Gasteiger partial charge >= 0.3 is 5.97 Å². The summed E-state index contributed by atoms with van der Waals surface area (Å²) in [6, 6.07) is 3.14. The highest BCUT2D eigenvalue weighted by atomic mass is 19.1. The van der Waals surface area contributed by atoms with E-state index in [1.54, 1.807) is 6.92 Å². The van der Waals surface area contributed by atoms with E-state index >= 15 is 0 Å². The lowest BCUT2D eigenvalue weighted by Crippen LogP contribution is -2.35.